The highest BCUT2D eigenvalue weighted by Gasteiger charge is 2.13. The van der Waals surface area contributed by atoms with E-state index < -0.39 is 5.82 Å². The third-order valence-corrected chi connectivity index (χ3v) is 2.25. The molecule has 0 atom stereocenters. The van der Waals surface area contributed by atoms with Crippen LogP contribution in [0.15, 0.2) is 34.9 Å². The van der Waals surface area contributed by atoms with Crippen molar-refractivity contribution in [1.82, 2.24) is 0 Å². The standard InChI is InChI=1S/C12H9FO3/c1-15-11-3-2-8(13)6-10(11)9-4-5-16-12(9)7-14/h2-7H,1H3. The fourth-order valence-electron chi connectivity index (χ4n) is 1.53. The van der Waals surface area contributed by atoms with Crippen molar-refractivity contribution in [2.75, 3.05) is 7.11 Å². The SMILES string of the molecule is COc1ccc(F)cc1-c1ccoc1C=O. The van der Waals surface area contributed by atoms with Crippen LogP contribution in [0.5, 0.6) is 5.75 Å². The van der Waals surface area contributed by atoms with Crippen molar-refractivity contribution in [3.63, 3.8) is 0 Å². The number of furan rings is 1. The molecule has 0 saturated carbocycles. The molecule has 16 heavy (non-hydrogen) atoms. The number of hydrogen-bond acceptors (Lipinski definition) is 3. The summed E-state index contributed by atoms with van der Waals surface area (Å²) in [7, 11) is 1.48. The van der Waals surface area contributed by atoms with Gasteiger partial charge in [0, 0.05) is 11.1 Å². The van der Waals surface area contributed by atoms with Crippen molar-refractivity contribution >= 4 is 6.29 Å². The molecule has 2 aromatic rings. The number of ether oxygens (including phenoxy) is 1. The molecule has 3 nitrogen and oxygen atoms in total. The number of benzene rings is 1. The molecule has 2 rings (SSSR count). The van der Waals surface area contributed by atoms with Crippen LogP contribution >= 0.6 is 0 Å². The molecule has 0 aliphatic heterocycles. The third-order valence-electron chi connectivity index (χ3n) is 2.25. The molecule has 0 fully saturated rings. The molecular formula is C12H9FO3. The Morgan fingerprint density at radius 2 is 2.12 bits per heavy atom. The lowest BCUT2D eigenvalue weighted by Crippen LogP contribution is -1.90. The zero-order valence-corrected chi connectivity index (χ0v) is 8.57. The summed E-state index contributed by atoms with van der Waals surface area (Å²) in [6.07, 6.45) is 1.96. The van der Waals surface area contributed by atoms with Gasteiger partial charge in [0.1, 0.15) is 11.6 Å². The lowest BCUT2D eigenvalue weighted by atomic mass is 10.1. The van der Waals surface area contributed by atoms with E-state index in [9.17, 15) is 9.18 Å². The van der Waals surface area contributed by atoms with E-state index in [0.717, 1.165) is 0 Å². The van der Waals surface area contributed by atoms with E-state index in [1.165, 1.54) is 31.6 Å². The van der Waals surface area contributed by atoms with Gasteiger partial charge >= 0.3 is 0 Å². The van der Waals surface area contributed by atoms with Crippen molar-refractivity contribution in [1.29, 1.82) is 0 Å². The van der Waals surface area contributed by atoms with Crippen LogP contribution in [0, 0.1) is 5.82 Å². The van der Waals surface area contributed by atoms with Crippen molar-refractivity contribution in [3.05, 3.63) is 42.1 Å². The van der Waals surface area contributed by atoms with Gasteiger partial charge in [0.15, 0.2) is 12.0 Å². The van der Waals surface area contributed by atoms with Crippen LogP contribution in [0.2, 0.25) is 0 Å². The van der Waals surface area contributed by atoms with Crippen LogP contribution in [-0.4, -0.2) is 13.4 Å². The number of carbonyl (C=O) groups is 1. The first-order valence-corrected chi connectivity index (χ1v) is 4.63. The van der Waals surface area contributed by atoms with Gasteiger partial charge in [-0.3, -0.25) is 4.79 Å². The normalized spacial score (nSPS) is 10.1. The Balaban J connectivity index is 2.62. The van der Waals surface area contributed by atoms with E-state index in [1.54, 1.807) is 6.07 Å². The molecule has 0 saturated heterocycles. The summed E-state index contributed by atoms with van der Waals surface area (Å²) in [6, 6.07) is 5.70. The number of carbonyl (C=O) groups excluding carboxylic acids is 1. The molecule has 0 spiro atoms. The fraction of sp³-hybridized carbons (Fsp3) is 0.0833. The highest BCUT2D eigenvalue weighted by molar-refractivity contribution is 5.86. The van der Waals surface area contributed by atoms with Crippen molar-refractivity contribution in [2.24, 2.45) is 0 Å². The molecule has 1 aromatic heterocycles. The number of hydrogen-bond donors (Lipinski definition) is 0. The van der Waals surface area contributed by atoms with E-state index in [0.29, 0.717) is 23.2 Å². The minimum absolute atomic E-state index is 0.156. The van der Waals surface area contributed by atoms with E-state index in [-0.39, 0.29) is 5.76 Å². The number of aldehydes is 1. The number of halogens is 1. The average Bonchev–Trinajstić information content (AvgIpc) is 2.76. The second-order valence-electron chi connectivity index (χ2n) is 3.16. The molecule has 1 aromatic carbocycles. The number of methoxy groups -OCH3 is 1. The first-order valence-electron chi connectivity index (χ1n) is 4.63. The highest BCUT2D eigenvalue weighted by atomic mass is 19.1. The Hall–Kier alpha value is -2.10. The zero-order valence-electron chi connectivity index (χ0n) is 8.57. The molecule has 1 heterocycles. The second kappa shape index (κ2) is 4.18. The summed E-state index contributed by atoms with van der Waals surface area (Å²) in [4.78, 5) is 10.7. The Morgan fingerprint density at radius 1 is 1.31 bits per heavy atom. The highest BCUT2D eigenvalue weighted by Crippen LogP contribution is 2.32. The topological polar surface area (TPSA) is 39.4 Å². The van der Waals surface area contributed by atoms with Gasteiger partial charge < -0.3 is 9.15 Å². The summed E-state index contributed by atoms with van der Waals surface area (Å²) in [6.45, 7) is 0. The van der Waals surface area contributed by atoms with Gasteiger partial charge in [0.2, 0.25) is 0 Å². The minimum Gasteiger partial charge on any atom is -0.496 e. The van der Waals surface area contributed by atoms with Crippen LogP contribution in [0.3, 0.4) is 0 Å². The van der Waals surface area contributed by atoms with E-state index in [1.807, 2.05) is 0 Å². The molecule has 0 aliphatic rings. The molecule has 4 heteroatoms. The summed E-state index contributed by atoms with van der Waals surface area (Å²) in [5.74, 6) is 0.253. The van der Waals surface area contributed by atoms with Gasteiger partial charge in [-0.15, -0.1) is 0 Å². The molecule has 0 radical (unpaired) electrons. The molecule has 0 bridgehead atoms. The Labute approximate surface area is 91.5 Å². The maximum atomic E-state index is 13.1. The third kappa shape index (κ3) is 1.69. The maximum Gasteiger partial charge on any atom is 0.185 e. The lowest BCUT2D eigenvalue weighted by Gasteiger charge is -2.06. The summed E-state index contributed by atoms with van der Waals surface area (Å²) < 4.78 is 23.2. The predicted octanol–water partition coefficient (Wildman–Crippen LogP) is 2.91. The van der Waals surface area contributed by atoms with Crippen molar-refractivity contribution in [3.8, 4) is 16.9 Å². The van der Waals surface area contributed by atoms with E-state index in [2.05, 4.69) is 0 Å². The largest absolute Gasteiger partial charge is 0.496 e. The first kappa shape index (κ1) is 10.4. The Kier molecular flexibility index (Phi) is 2.72. The van der Waals surface area contributed by atoms with Gasteiger partial charge in [0.05, 0.1) is 13.4 Å². The minimum atomic E-state index is -0.395. The Morgan fingerprint density at radius 3 is 2.81 bits per heavy atom. The van der Waals surface area contributed by atoms with Gasteiger partial charge in [0.25, 0.3) is 0 Å². The van der Waals surface area contributed by atoms with Crippen molar-refractivity contribution in [2.45, 2.75) is 0 Å². The van der Waals surface area contributed by atoms with Crippen LogP contribution in [-0.2, 0) is 0 Å². The quantitative estimate of drug-likeness (QED) is 0.746. The molecule has 0 N–H and O–H groups in total. The van der Waals surface area contributed by atoms with Crippen LogP contribution in [0.4, 0.5) is 4.39 Å². The van der Waals surface area contributed by atoms with Gasteiger partial charge in [-0.1, -0.05) is 0 Å². The summed E-state index contributed by atoms with van der Waals surface area (Å²) in [5.41, 5.74) is 1.02. The smallest absolute Gasteiger partial charge is 0.185 e. The lowest BCUT2D eigenvalue weighted by molar-refractivity contribution is 0.110. The van der Waals surface area contributed by atoms with Crippen LogP contribution in [0.25, 0.3) is 11.1 Å². The second-order valence-corrected chi connectivity index (χ2v) is 3.16. The monoisotopic (exact) mass is 220 g/mol. The fourth-order valence-corrected chi connectivity index (χ4v) is 1.53. The molecule has 0 amide bonds. The summed E-state index contributed by atoms with van der Waals surface area (Å²) in [5, 5.41) is 0. The zero-order chi connectivity index (χ0) is 11.5. The van der Waals surface area contributed by atoms with Crippen LogP contribution < -0.4 is 4.74 Å². The molecule has 82 valence electrons. The molecular weight excluding hydrogens is 211 g/mol. The Bertz CT molecular complexity index is 517. The van der Waals surface area contributed by atoms with Crippen molar-refractivity contribution < 1.29 is 18.3 Å². The summed E-state index contributed by atoms with van der Waals surface area (Å²) >= 11 is 0. The average molecular weight is 220 g/mol. The van der Waals surface area contributed by atoms with Gasteiger partial charge in [-0.25, -0.2) is 4.39 Å². The van der Waals surface area contributed by atoms with E-state index in [4.69, 9.17) is 9.15 Å². The first-order chi connectivity index (χ1) is 7.76. The predicted molar refractivity (Wildman–Crippen MR) is 56.0 cm³/mol. The van der Waals surface area contributed by atoms with Gasteiger partial charge in [-0.05, 0) is 24.3 Å². The number of rotatable bonds is 3. The maximum absolute atomic E-state index is 13.1. The molecule has 0 aliphatic carbocycles. The van der Waals surface area contributed by atoms with Crippen LogP contribution in [0.1, 0.15) is 10.6 Å². The molecule has 0 unspecified atom stereocenters. The van der Waals surface area contributed by atoms with Gasteiger partial charge in [-0.2, -0.15) is 0 Å². The van der Waals surface area contributed by atoms with E-state index >= 15 is 0 Å².